The van der Waals surface area contributed by atoms with Crippen LogP contribution in [0.4, 0.5) is 4.39 Å². The third-order valence-corrected chi connectivity index (χ3v) is 6.13. The van der Waals surface area contributed by atoms with Gasteiger partial charge < -0.3 is 10.2 Å². The first kappa shape index (κ1) is 23.6. The Hall–Kier alpha value is -3.03. The zero-order chi connectivity index (χ0) is 23.3. The fourth-order valence-electron chi connectivity index (χ4n) is 4.21. The molecule has 0 spiro atoms. The third kappa shape index (κ3) is 5.23. The van der Waals surface area contributed by atoms with E-state index in [1.54, 1.807) is 19.1 Å². The third-order valence-electron chi connectivity index (χ3n) is 6.13. The average molecular weight is 444 g/mol. The highest BCUT2D eigenvalue weighted by molar-refractivity contribution is 6.05. The Labute approximate surface area is 187 Å². The molecule has 1 aliphatic carbocycles. The van der Waals surface area contributed by atoms with E-state index in [0.29, 0.717) is 24.9 Å². The number of amides is 4. The molecule has 32 heavy (non-hydrogen) atoms. The Morgan fingerprint density at radius 2 is 1.72 bits per heavy atom. The van der Waals surface area contributed by atoms with Gasteiger partial charge in [0.15, 0.2) is 0 Å². The molecule has 1 N–H and O–H groups in total. The van der Waals surface area contributed by atoms with E-state index in [2.05, 4.69) is 5.32 Å². The second kappa shape index (κ2) is 10.5. The van der Waals surface area contributed by atoms with E-state index in [4.69, 9.17) is 0 Å². The number of allylic oxidation sites excluding steroid dienone is 2. The zero-order valence-electron chi connectivity index (χ0n) is 18.6. The van der Waals surface area contributed by atoms with E-state index in [-0.39, 0.29) is 60.8 Å². The number of carbonyl (C=O) groups is 4. The monoisotopic (exact) mass is 443 g/mol. The van der Waals surface area contributed by atoms with Gasteiger partial charge in [0.25, 0.3) is 0 Å². The molecule has 2 aliphatic rings. The Morgan fingerprint density at radius 1 is 1.12 bits per heavy atom. The van der Waals surface area contributed by atoms with Crippen molar-refractivity contribution in [2.24, 2.45) is 11.8 Å². The van der Waals surface area contributed by atoms with Crippen molar-refractivity contribution in [1.82, 2.24) is 15.1 Å². The summed E-state index contributed by atoms with van der Waals surface area (Å²) in [5.41, 5.74) is 0.681. The number of nitrogens with one attached hydrogen (secondary N) is 1. The minimum atomic E-state index is -0.754. The fourth-order valence-corrected chi connectivity index (χ4v) is 4.21. The number of hydrogen-bond donors (Lipinski definition) is 1. The minimum Gasteiger partial charge on any atom is -0.354 e. The highest BCUT2D eigenvalue weighted by atomic mass is 19.1. The van der Waals surface area contributed by atoms with Crippen molar-refractivity contribution in [3.8, 4) is 0 Å². The normalized spacial score (nSPS) is 20.8. The van der Waals surface area contributed by atoms with Gasteiger partial charge in [-0.05, 0) is 43.9 Å². The Kier molecular flexibility index (Phi) is 7.77. The van der Waals surface area contributed by atoms with Gasteiger partial charge in [-0.2, -0.15) is 0 Å². The van der Waals surface area contributed by atoms with E-state index in [1.165, 1.54) is 21.9 Å². The molecule has 172 valence electrons. The summed E-state index contributed by atoms with van der Waals surface area (Å²) in [5.74, 6) is -2.14. The lowest BCUT2D eigenvalue weighted by molar-refractivity contribution is -0.143. The van der Waals surface area contributed by atoms with Crippen LogP contribution in [0.2, 0.25) is 0 Å². The molecule has 0 unspecified atom stereocenters. The molecule has 0 radical (unpaired) electrons. The smallest absolute Gasteiger partial charge is 0.242 e. The molecule has 0 aromatic heterocycles. The maximum atomic E-state index is 13.3. The number of imide groups is 1. The molecule has 8 heteroatoms. The van der Waals surface area contributed by atoms with Gasteiger partial charge >= 0.3 is 0 Å². The number of benzene rings is 1. The first-order valence-corrected chi connectivity index (χ1v) is 11.1. The molecule has 7 nitrogen and oxygen atoms in total. The zero-order valence-corrected chi connectivity index (χ0v) is 18.6. The lowest BCUT2D eigenvalue weighted by Crippen LogP contribution is -2.48. The van der Waals surface area contributed by atoms with Crippen LogP contribution in [0.15, 0.2) is 36.4 Å². The molecule has 1 aromatic rings. The fraction of sp³-hybridized carbons (Fsp3) is 0.500. The predicted molar refractivity (Wildman–Crippen MR) is 116 cm³/mol. The van der Waals surface area contributed by atoms with E-state index in [9.17, 15) is 23.6 Å². The maximum absolute atomic E-state index is 13.3. The van der Waals surface area contributed by atoms with Crippen LogP contribution >= 0.6 is 0 Å². The molecular weight excluding hydrogens is 413 g/mol. The summed E-state index contributed by atoms with van der Waals surface area (Å²) in [7, 11) is 0. The summed E-state index contributed by atoms with van der Waals surface area (Å²) < 4.78 is 13.3. The summed E-state index contributed by atoms with van der Waals surface area (Å²) in [6, 6.07) is 4.99. The van der Waals surface area contributed by atoms with Crippen LogP contribution in [-0.2, 0) is 25.7 Å². The highest BCUT2D eigenvalue weighted by Crippen LogP contribution is 2.35. The van der Waals surface area contributed by atoms with Gasteiger partial charge in [0, 0.05) is 26.1 Å². The maximum Gasteiger partial charge on any atom is 0.242 e. The molecule has 1 aromatic carbocycles. The number of likely N-dealkylation sites (tertiary alicyclic amines) is 1. The standard InChI is InChI=1S/C24H30FN3O4/c1-3-13-26-22(30)16(2)28(15-17-8-10-18(25)11-9-17)21(29)12-14-27-23(31)19-6-4-5-7-20(19)24(27)32/h4-5,8-11,16,19-20H,3,6-7,12-15H2,1-2H3,(H,26,30)/t16-,19-,20+/m0/s1. The van der Waals surface area contributed by atoms with Crippen molar-refractivity contribution in [2.75, 3.05) is 13.1 Å². The van der Waals surface area contributed by atoms with Gasteiger partial charge in [-0.1, -0.05) is 31.2 Å². The van der Waals surface area contributed by atoms with Crippen molar-refractivity contribution in [3.05, 3.63) is 47.8 Å². The molecular formula is C24H30FN3O4. The quantitative estimate of drug-likeness (QED) is 0.469. The second-order valence-corrected chi connectivity index (χ2v) is 8.35. The van der Waals surface area contributed by atoms with Crippen LogP contribution in [0.3, 0.4) is 0 Å². The van der Waals surface area contributed by atoms with Gasteiger partial charge in [-0.25, -0.2) is 4.39 Å². The van der Waals surface area contributed by atoms with Crippen molar-refractivity contribution >= 4 is 23.6 Å². The molecule has 1 aliphatic heterocycles. The van der Waals surface area contributed by atoms with E-state index in [0.717, 1.165) is 6.42 Å². The summed E-state index contributed by atoms with van der Waals surface area (Å²) in [5, 5.41) is 2.79. The van der Waals surface area contributed by atoms with Crippen LogP contribution in [-0.4, -0.2) is 52.6 Å². The van der Waals surface area contributed by atoms with Crippen LogP contribution in [0.5, 0.6) is 0 Å². The van der Waals surface area contributed by atoms with E-state index >= 15 is 0 Å². The largest absolute Gasteiger partial charge is 0.354 e. The van der Waals surface area contributed by atoms with Crippen LogP contribution in [0.1, 0.15) is 45.1 Å². The Balaban J connectivity index is 1.70. The molecule has 1 fully saturated rings. The SMILES string of the molecule is CCCNC(=O)[C@H](C)N(Cc1ccc(F)cc1)C(=O)CCN1C(=O)[C@H]2CC=CC[C@H]2C1=O. The van der Waals surface area contributed by atoms with Crippen molar-refractivity contribution in [3.63, 3.8) is 0 Å². The van der Waals surface area contributed by atoms with E-state index in [1.807, 2.05) is 19.1 Å². The minimum absolute atomic E-state index is 0.00723. The molecule has 1 heterocycles. The Morgan fingerprint density at radius 3 is 2.28 bits per heavy atom. The van der Waals surface area contributed by atoms with Crippen molar-refractivity contribution in [2.45, 2.75) is 52.1 Å². The summed E-state index contributed by atoms with van der Waals surface area (Å²) >= 11 is 0. The molecule has 0 saturated carbocycles. The summed E-state index contributed by atoms with van der Waals surface area (Å²) in [6.07, 6.45) is 5.62. The first-order chi connectivity index (χ1) is 15.3. The van der Waals surface area contributed by atoms with Crippen molar-refractivity contribution < 1.29 is 23.6 Å². The molecule has 3 atom stereocenters. The summed E-state index contributed by atoms with van der Waals surface area (Å²) in [6.45, 7) is 4.18. The lowest BCUT2D eigenvalue weighted by Gasteiger charge is -2.29. The predicted octanol–water partition coefficient (Wildman–Crippen LogP) is 2.41. The van der Waals surface area contributed by atoms with Crippen LogP contribution in [0, 0.1) is 17.7 Å². The van der Waals surface area contributed by atoms with Crippen molar-refractivity contribution in [1.29, 1.82) is 0 Å². The van der Waals surface area contributed by atoms with Crippen LogP contribution < -0.4 is 5.32 Å². The molecule has 3 rings (SSSR count). The van der Waals surface area contributed by atoms with Crippen LogP contribution in [0.25, 0.3) is 0 Å². The average Bonchev–Trinajstić information content (AvgIpc) is 3.04. The number of halogens is 1. The lowest BCUT2D eigenvalue weighted by atomic mass is 9.85. The highest BCUT2D eigenvalue weighted by Gasteiger charge is 2.47. The molecule has 1 saturated heterocycles. The number of hydrogen-bond acceptors (Lipinski definition) is 4. The number of carbonyl (C=O) groups excluding carboxylic acids is 4. The second-order valence-electron chi connectivity index (χ2n) is 8.35. The summed E-state index contributed by atoms with van der Waals surface area (Å²) in [4.78, 5) is 53.6. The first-order valence-electron chi connectivity index (χ1n) is 11.1. The van der Waals surface area contributed by atoms with Gasteiger partial charge in [-0.15, -0.1) is 0 Å². The Bertz CT molecular complexity index is 873. The van der Waals surface area contributed by atoms with E-state index < -0.39 is 6.04 Å². The number of rotatable bonds is 9. The van der Waals surface area contributed by atoms with Gasteiger partial charge in [0.1, 0.15) is 11.9 Å². The van der Waals surface area contributed by atoms with Gasteiger partial charge in [0.2, 0.25) is 23.6 Å². The molecule has 0 bridgehead atoms. The topological polar surface area (TPSA) is 86.8 Å². The molecule has 4 amide bonds. The van der Waals surface area contributed by atoms with Gasteiger partial charge in [0.05, 0.1) is 11.8 Å². The van der Waals surface area contributed by atoms with Gasteiger partial charge in [-0.3, -0.25) is 24.1 Å². The number of fused-ring (bicyclic) bond motifs is 1. The number of nitrogens with zero attached hydrogens (tertiary/aromatic N) is 2.